The molecule has 6 heteroatoms. The van der Waals surface area contributed by atoms with Crippen LogP contribution >= 0.6 is 0 Å². The Morgan fingerprint density at radius 3 is 0.942 bits per heavy atom. The summed E-state index contributed by atoms with van der Waals surface area (Å²) >= 11 is 0. The van der Waals surface area contributed by atoms with Gasteiger partial charge in [0, 0.05) is 19.3 Å². The van der Waals surface area contributed by atoms with Gasteiger partial charge >= 0.3 is 17.9 Å². The molecular weight excluding hydrogens is 853 g/mol. The lowest BCUT2D eigenvalue weighted by atomic mass is 10.1. The third-order valence-electron chi connectivity index (χ3n) is 11.7. The lowest BCUT2D eigenvalue weighted by Gasteiger charge is -2.18. The van der Waals surface area contributed by atoms with Gasteiger partial charge in [0.25, 0.3) is 0 Å². The Hall–Kier alpha value is -3.93. The van der Waals surface area contributed by atoms with Crippen molar-refractivity contribution in [1.29, 1.82) is 0 Å². The molecule has 0 aliphatic heterocycles. The summed E-state index contributed by atoms with van der Waals surface area (Å²) in [5.41, 5.74) is 0. The molecule has 392 valence electrons. The minimum absolute atomic E-state index is 0.103. The van der Waals surface area contributed by atoms with E-state index in [4.69, 9.17) is 14.2 Å². The summed E-state index contributed by atoms with van der Waals surface area (Å²) in [5, 5.41) is 0. The fourth-order valence-electron chi connectivity index (χ4n) is 7.47. The van der Waals surface area contributed by atoms with Gasteiger partial charge < -0.3 is 14.2 Å². The lowest BCUT2D eigenvalue weighted by Crippen LogP contribution is -2.30. The second-order valence-corrected chi connectivity index (χ2v) is 18.5. The molecule has 0 saturated heterocycles. The van der Waals surface area contributed by atoms with E-state index in [0.717, 1.165) is 128 Å². The molecule has 6 nitrogen and oxygen atoms in total. The van der Waals surface area contributed by atoms with Crippen molar-refractivity contribution in [3.05, 3.63) is 109 Å². The van der Waals surface area contributed by atoms with E-state index in [2.05, 4.69) is 130 Å². The molecule has 0 N–H and O–H groups in total. The Kier molecular flexibility index (Phi) is 53.4. The van der Waals surface area contributed by atoms with Crippen molar-refractivity contribution in [2.75, 3.05) is 13.2 Å². The van der Waals surface area contributed by atoms with Crippen LogP contribution in [0.4, 0.5) is 0 Å². The van der Waals surface area contributed by atoms with Crippen LogP contribution in [0.1, 0.15) is 252 Å². The van der Waals surface area contributed by atoms with Crippen molar-refractivity contribution in [2.45, 2.75) is 258 Å². The Balaban J connectivity index is 4.50. The molecule has 0 aliphatic carbocycles. The van der Waals surface area contributed by atoms with Crippen LogP contribution in [0.25, 0.3) is 0 Å². The quantitative estimate of drug-likeness (QED) is 0.0262. The van der Waals surface area contributed by atoms with Gasteiger partial charge in [-0.05, 0) is 128 Å². The normalized spacial score (nSPS) is 12.9. The maximum absolute atomic E-state index is 12.8. The molecular formula is C63H104O6. The zero-order valence-corrected chi connectivity index (χ0v) is 44.8. The SMILES string of the molecule is CC/C=C\C/C=C\C/C=C\C/C=C\C/C=C\C/C=C\CCCCC(=O)OCC(COC(=O)CCCCCCC/C=C\CCCCCCC)OC(=O)CCCCCCC/C=C\C/C=C\CCCCCC. The maximum Gasteiger partial charge on any atom is 0.306 e. The van der Waals surface area contributed by atoms with Crippen LogP contribution in [-0.4, -0.2) is 37.2 Å². The maximum atomic E-state index is 12.8. The molecule has 0 fully saturated rings. The van der Waals surface area contributed by atoms with Crippen LogP contribution in [0.5, 0.6) is 0 Å². The molecule has 0 aromatic heterocycles. The number of hydrogen-bond acceptors (Lipinski definition) is 6. The van der Waals surface area contributed by atoms with Crippen LogP contribution in [0.15, 0.2) is 109 Å². The second-order valence-electron chi connectivity index (χ2n) is 18.5. The summed E-state index contributed by atoms with van der Waals surface area (Å²) in [6.07, 6.45) is 76.4. The van der Waals surface area contributed by atoms with Crippen LogP contribution in [0.2, 0.25) is 0 Å². The Bertz CT molecular complexity index is 1420. The summed E-state index contributed by atoms with van der Waals surface area (Å²) in [6, 6.07) is 0. The van der Waals surface area contributed by atoms with Gasteiger partial charge in [-0.1, -0.05) is 214 Å². The van der Waals surface area contributed by atoms with E-state index in [1.807, 2.05) is 0 Å². The number of carbonyl (C=O) groups excluding carboxylic acids is 3. The first-order valence-electron chi connectivity index (χ1n) is 28.4. The fourth-order valence-corrected chi connectivity index (χ4v) is 7.47. The second kappa shape index (κ2) is 56.7. The molecule has 0 amide bonds. The van der Waals surface area contributed by atoms with Crippen LogP contribution < -0.4 is 0 Å². The zero-order chi connectivity index (χ0) is 50.0. The first-order chi connectivity index (χ1) is 34.0. The minimum Gasteiger partial charge on any atom is -0.462 e. The van der Waals surface area contributed by atoms with E-state index in [-0.39, 0.29) is 31.1 Å². The van der Waals surface area contributed by atoms with Crippen LogP contribution in [0, 0.1) is 0 Å². The van der Waals surface area contributed by atoms with Gasteiger partial charge in [-0.25, -0.2) is 0 Å². The van der Waals surface area contributed by atoms with E-state index in [1.54, 1.807) is 0 Å². The first kappa shape index (κ1) is 65.1. The highest BCUT2D eigenvalue weighted by molar-refractivity contribution is 5.71. The topological polar surface area (TPSA) is 78.9 Å². The number of carbonyl (C=O) groups is 3. The van der Waals surface area contributed by atoms with E-state index in [1.165, 1.54) is 77.0 Å². The summed E-state index contributed by atoms with van der Waals surface area (Å²) < 4.78 is 16.8. The smallest absolute Gasteiger partial charge is 0.306 e. The van der Waals surface area contributed by atoms with Gasteiger partial charge in [-0.2, -0.15) is 0 Å². The van der Waals surface area contributed by atoms with Gasteiger partial charge in [0.15, 0.2) is 6.10 Å². The van der Waals surface area contributed by atoms with Crippen molar-refractivity contribution in [2.24, 2.45) is 0 Å². The monoisotopic (exact) mass is 957 g/mol. The first-order valence-corrected chi connectivity index (χ1v) is 28.4. The van der Waals surface area contributed by atoms with Crippen molar-refractivity contribution in [3.63, 3.8) is 0 Å². The van der Waals surface area contributed by atoms with Gasteiger partial charge in [-0.15, -0.1) is 0 Å². The van der Waals surface area contributed by atoms with E-state index in [9.17, 15) is 14.4 Å². The standard InChI is InChI=1S/C63H104O6/c1-4-7-10-13-16-19-22-25-28-30-31-32-33-34-36-38-41-44-47-50-53-56-62(65)68-59-60(58-67-61(64)55-52-49-46-43-40-37-27-24-21-18-15-12-9-6-3)69-63(66)57-54-51-48-45-42-39-35-29-26-23-20-17-14-11-8-5-2/h7,10,16,19-20,23-25,27-29,31-32,34-36,41,44,60H,4-6,8-9,11-15,17-18,21-22,26,30,33,37-40,42-43,45-59H2,1-3H3/b10-7-,19-16-,23-20-,27-24-,28-25-,32-31-,35-29-,36-34-,44-41-. The van der Waals surface area contributed by atoms with Crippen molar-refractivity contribution in [3.8, 4) is 0 Å². The average Bonchev–Trinajstić information content (AvgIpc) is 3.35. The highest BCUT2D eigenvalue weighted by atomic mass is 16.6. The Morgan fingerprint density at radius 2 is 0.565 bits per heavy atom. The van der Waals surface area contributed by atoms with Crippen LogP contribution in [-0.2, 0) is 28.6 Å². The van der Waals surface area contributed by atoms with Gasteiger partial charge in [-0.3, -0.25) is 14.4 Å². The Labute approximate surface area is 425 Å². The molecule has 0 bridgehead atoms. The lowest BCUT2D eigenvalue weighted by molar-refractivity contribution is -0.167. The molecule has 0 saturated carbocycles. The molecule has 0 heterocycles. The molecule has 0 radical (unpaired) electrons. The highest BCUT2D eigenvalue weighted by Crippen LogP contribution is 2.13. The van der Waals surface area contributed by atoms with Gasteiger partial charge in [0.05, 0.1) is 0 Å². The highest BCUT2D eigenvalue weighted by Gasteiger charge is 2.19. The molecule has 69 heavy (non-hydrogen) atoms. The molecule has 1 unspecified atom stereocenters. The van der Waals surface area contributed by atoms with Gasteiger partial charge in [0.1, 0.15) is 13.2 Å². The predicted octanol–water partition coefficient (Wildman–Crippen LogP) is 19.1. The largest absolute Gasteiger partial charge is 0.462 e. The summed E-state index contributed by atoms with van der Waals surface area (Å²) in [6.45, 7) is 6.44. The van der Waals surface area contributed by atoms with Crippen molar-refractivity contribution >= 4 is 17.9 Å². The summed E-state index contributed by atoms with van der Waals surface area (Å²) in [4.78, 5) is 38.1. The molecule has 0 rings (SSSR count). The van der Waals surface area contributed by atoms with Gasteiger partial charge in [0.2, 0.25) is 0 Å². The number of hydrogen-bond donors (Lipinski definition) is 0. The molecule has 1 atom stereocenters. The van der Waals surface area contributed by atoms with E-state index >= 15 is 0 Å². The number of allylic oxidation sites excluding steroid dienone is 18. The number of unbranched alkanes of at least 4 members (excludes halogenated alkanes) is 21. The molecule has 0 spiro atoms. The molecule has 0 aromatic rings. The molecule has 0 aliphatic rings. The van der Waals surface area contributed by atoms with Crippen molar-refractivity contribution < 1.29 is 28.6 Å². The number of esters is 3. The summed E-state index contributed by atoms with van der Waals surface area (Å²) in [7, 11) is 0. The predicted molar refractivity (Wildman–Crippen MR) is 297 cm³/mol. The van der Waals surface area contributed by atoms with Crippen LogP contribution in [0.3, 0.4) is 0 Å². The third kappa shape index (κ3) is 54.9. The molecule has 0 aromatic carbocycles. The summed E-state index contributed by atoms with van der Waals surface area (Å²) in [5.74, 6) is -0.971. The fraction of sp³-hybridized carbons (Fsp3) is 0.667. The average molecular weight is 958 g/mol. The zero-order valence-electron chi connectivity index (χ0n) is 44.8. The number of rotatable bonds is 50. The van der Waals surface area contributed by atoms with Crippen molar-refractivity contribution in [1.82, 2.24) is 0 Å². The minimum atomic E-state index is -0.809. The van der Waals surface area contributed by atoms with E-state index < -0.39 is 6.10 Å². The number of ether oxygens (including phenoxy) is 3. The van der Waals surface area contributed by atoms with E-state index in [0.29, 0.717) is 25.7 Å². The Morgan fingerprint density at radius 1 is 0.304 bits per heavy atom. The third-order valence-corrected chi connectivity index (χ3v) is 11.7.